The van der Waals surface area contributed by atoms with E-state index in [9.17, 15) is 20.1 Å². The first kappa shape index (κ1) is 49.6. The van der Waals surface area contributed by atoms with Gasteiger partial charge < -0.3 is 20.6 Å². The van der Waals surface area contributed by atoms with Crippen LogP contribution in [0.25, 0.3) is 0 Å². The van der Waals surface area contributed by atoms with Gasteiger partial charge in [0.15, 0.2) is 0 Å². The van der Waals surface area contributed by atoms with Gasteiger partial charge in [0.2, 0.25) is 5.91 Å². The van der Waals surface area contributed by atoms with Gasteiger partial charge in [-0.05, 0) is 57.8 Å². The van der Waals surface area contributed by atoms with E-state index in [1.165, 1.54) is 154 Å². The minimum absolute atomic E-state index is 0.00429. The van der Waals surface area contributed by atoms with Crippen molar-refractivity contribution in [2.75, 3.05) is 6.61 Å². The fraction of sp³-hybridized carbons (Fsp3) is 0.848. The minimum atomic E-state index is -0.955. The number of allylic oxidation sites excluding steroid dienone is 5. The van der Waals surface area contributed by atoms with Crippen molar-refractivity contribution in [2.24, 2.45) is 0 Å². The highest BCUT2D eigenvalue weighted by atomic mass is 16.3. The number of carbonyl (C=O) groups is 1. The Morgan fingerprint density at radius 2 is 0.843 bits per heavy atom. The first-order chi connectivity index (χ1) is 25.0. The van der Waals surface area contributed by atoms with Crippen molar-refractivity contribution in [3.63, 3.8) is 0 Å². The van der Waals surface area contributed by atoms with Gasteiger partial charge in [-0.25, -0.2) is 0 Å². The number of aliphatic hydroxyl groups is 3. The molecule has 0 aliphatic rings. The molecule has 3 unspecified atom stereocenters. The van der Waals surface area contributed by atoms with Crippen molar-refractivity contribution in [2.45, 2.75) is 244 Å². The average Bonchev–Trinajstić information content (AvgIpc) is 3.12. The van der Waals surface area contributed by atoms with Crippen molar-refractivity contribution in [3.8, 4) is 0 Å². The molecule has 1 amide bonds. The predicted molar refractivity (Wildman–Crippen MR) is 222 cm³/mol. The first-order valence-corrected chi connectivity index (χ1v) is 22.3. The summed E-state index contributed by atoms with van der Waals surface area (Å²) >= 11 is 0. The fourth-order valence-electron chi connectivity index (χ4n) is 6.70. The molecule has 0 bridgehead atoms. The van der Waals surface area contributed by atoms with Crippen LogP contribution in [0, 0.1) is 0 Å². The highest BCUT2D eigenvalue weighted by molar-refractivity contribution is 5.76. The monoisotopic (exact) mass is 718 g/mol. The van der Waals surface area contributed by atoms with E-state index in [0.29, 0.717) is 6.42 Å². The highest BCUT2D eigenvalue weighted by Gasteiger charge is 2.20. The normalized spacial score (nSPS) is 13.9. The maximum Gasteiger partial charge on any atom is 0.222 e. The van der Waals surface area contributed by atoms with E-state index in [-0.39, 0.29) is 18.9 Å². The van der Waals surface area contributed by atoms with Gasteiger partial charge in [0, 0.05) is 0 Å². The third-order valence-corrected chi connectivity index (χ3v) is 10.1. The van der Waals surface area contributed by atoms with Gasteiger partial charge in [0.05, 0.1) is 31.3 Å². The fourth-order valence-corrected chi connectivity index (χ4v) is 6.70. The summed E-state index contributed by atoms with van der Waals surface area (Å²) in [5.74, 6) is -0.333. The van der Waals surface area contributed by atoms with E-state index in [1.54, 1.807) is 6.08 Å². The van der Waals surface area contributed by atoms with E-state index in [0.717, 1.165) is 44.9 Å². The lowest BCUT2D eigenvalue weighted by atomic mass is 10.0. The molecule has 0 aliphatic carbocycles. The van der Waals surface area contributed by atoms with Gasteiger partial charge in [0.25, 0.3) is 0 Å². The van der Waals surface area contributed by atoms with Crippen LogP contribution in [-0.2, 0) is 4.79 Å². The molecule has 0 aromatic carbocycles. The first-order valence-electron chi connectivity index (χ1n) is 22.3. The van der Waals surface area contributed by atoms with Crippen molar-refractivity contribution in [3.05, 3.63) is 36.5 Å². The van der Waals surface area contributed by atoms with Crippen LogP contribution in [0.15, 0.2) is 36.5 Å². The smallest absolute Gasteiger partial charge is 0.222 e. The Bertz CT molecular complexity index is 794. The zero-order valence-electron chi connectivity index (χ0n) is 34.0. The molecule has 0 rings (SSSR count). The van der Waals surface area contributed by atoms with Crippen molar-refractivity contribution in [1.29, 1.82) is 0 Å². The van der Waals surface area contributed by atoms with E-state index in [1.807, 2.05) is 6.08 Å². The number of unbranched alkanes of at least 4 members (excludes halogenated alkanes) is 27. The molecule has 0 radical (unpaired) electrons. The van der Waals surface area contributed by atoms with Crippen LogP contribution < -0.4 is 5.32 Å². The van der Waals surface area contributed by atoms with Gasteiger partial charge >= 0.3 is 0 Å². The maximum atomic E-state index is 12.4. The van der Waals surface area contributed by atoms with Crippen molar-refractivity contribution in [1.82, 2.24) is 5.32 Å². The van der Waals surface area contributed by atoms with Gasteiger partial charge in [-0.15, -0.1) is 0 Å². The van der Waals surface area contributed by atoms with Crippen LogP contribution in [0.1, 0.15) is 226 Å². The molecular formula is C46H87NO4. The summed E-state index contributed by atoms with van der Waals surface area (Å²) in [5, 5.41) is 33.2. The molecule has 0 aromatic rings. The number of hydrogen-bond donors (Lipinski definition) is 4. The van der Waals surface area contributed by atoms with Gasteiger partial charge in [0.1, 0.15) is 0 Å². The quantitative estimate of drug-likeness (QED) is 0.0375. The van der Waals surface area contributed by atoms with E-state index < -0.39 is 18.2 Å². The number of rotatable bonds is 40. The van der Waals surface area contributed by atoms with E-state index >= 15 is 0 Å². The topological polar surface area (TPSA) is 89.8 Å². The molecule has 0 spiro atoms. The number of nitrogens with one attached hydrogen (secondary N) is 1. The van der Waals surface area contributed by atoms with Crippen LogP contribution in [0.2, 0.25) is 0 Å². The van der Waals surface area contributed by atoms with Crippen molar-refractivity contribution < 1.29 is 20.1 Å². The lowest BCUT2D eigenvalue weighted by Crippen LogP contribution is -2.45. The van der Waals surface area contributed by atoms with Crippen LogP contribution in [-0.4, -0.2) is 46.1 Å². The molecule has 0 saturated carbocycles. The molecule has 0 aromatic heterocycles. The Morgan fingerprint density at radius 1 is 0.490 bits per heavy atom. The molecule has 0 fully saturated rings. The molecule has 0 heterocycles. The number of aliphatic hydroxyl groups excluding tert-OH is 3. The second-order valence-electron chi connectivity index (χ2n) is 15.3. The number of carbonyl (C=O) groups excluding carboxylic acids is 1. The Labute approximate surface area is 317 Å². The summed E-state index contributed by atoms with van der Waals surface area (Å²) < 4.78 is 0. The third kappa shape index (κ3) is 38.1. The highest BCUT2D eigenvalue weighted by Crippen LogP contribution is 2.15. The molecule has 4 N–H and O–H groups in total. The standard InChI is InChI=1S/C46H87NO4/c1-3-5-7-9-11-13-15-17-19-21-22-23-24-26-28-30-32-34-36-38-40-45(50)44(42-48)47-46(51)41-43(49)39-37-35-33-31-29-27-25-20-18-16-14-12-10-8-6-4-2/h27,29-30,32,38,40,43-45,48-50H,3-26,28,31,33-37,39,41-42H2,1-2H3,(H,47,51)/b29-27-,32-30+,40-38+. The molecule has 5 heteroatoms. The predicted octanol–water partition coefficient (Wildman–Crippen LogP) is 12.8. The summed E-state index contributed by atoms with van der Waals surface area (Å²) in [5.41, 5.74) is 0. The van der Waals surface area contributed by atoms with Gasteiger partial charge in [-0.1, -0.05) is 198 Å². The zero-order valence-corrected chi connectivity index (χ0v) is 34.0. The summed E-state index contributed by atoms with van der Waals surface area (Å²) in [6.07, 6.45) is 51.5. The largest absolute Gasteiger partial charge is 0.394 e. The molecule has 0 saturated heterocycles. The van der Waals surface area contributed by atoms with Crippen LogP contribution in [0.4, 0.5) is 0 Å². The summed E-state index contributed by atoms with van der Waals surface area (Å²) in [6, 6.07) is -0.765. The molecule has 300 valence electrons. The Morgan fingerprint density at radius 3 is 1.25 bits per heavy atom. The molecular weight excluding hydrogens is 631 g/mol. The molecule has 0 aliphatic heterocycles. The van der Waals surface area contributed by atoms with Gasteiger partial charge in [-0.2, -0.15) is 0 Å². The van der Waals surface area contributed by atoms with Crippen LogP contribution in [0.3, 0.4) is 0 Å². The number of hydrogen-bond acceptors (Lipinski definition) is 4. The average molecular weight is 718 g/mol. The van der Waals surface area contributed by atoms with Crippen LogP contribution >= 0.6 is 0 Å². The van der Waals surface area contributed by atoms with E-state index in [2.05, 4.69) is 43.5 Å². The lowest BCUT2D eigenvalue weighted by Gasteiger charge is -2.20. The van der Waals surface area contributed by atoms with Crippen LogP contribution in [0.5, 0.6) is 0 Å². The maximum absolute atomic E-state index is 12.4. The Hall–Kier alpha value is -1.43. The lowest BCUT2D eigenvalue weighted by molar-refractivity contribution is -0.124. The Kier molecular flexibility index (Phi) is 40.2. The Balaban J connectivity index is 3.73. The number of amides is 1. The minimum Gasteiger partial charge on any atom is -0.394 e. The van der Waals surface area contributed by atoms with E-state index in [4.69, 9.17) is 0 Å². The zero-order chi connectivity index (χ0) is 37.3. The summed E-state index contributed by atoms with van der Waals surface area (Å²) in [6.45, 7) is 4.20. The molecule has 3 atom stereocenters. The summed E-state index contributed by atoms with van der Waals surface area (Å²) in [4.78, 5) is 12.4. The third-order valence-electron chi connectivity index (χ3n) is 10.1. The second kappa shape index (κ2) is 41.3. The second-order valence-corrected chi connectivity index (χ2v) is 15.3. The molecule has 51 heavy (non-hydrogen) atoms. The van der Waals surface area contributed by atoms with Crippen molar-refractivity contribution >= 4 is 5.91 Å². The SMILES string of the molecule is CCCCCCCCCCC/C=C\CCCCCC(O)CC(=O)NC(CO)C(O)/C=C/CC/C=C/CCCCCCCCCCCCCCCC. The molecule has 5 nitrogen and oxygen atoms in total. The van der Waals surface area contributed by atoms with Gasteiger partial charge in [-0.3, -0.25) is 4.79 Å². The summed E-state index contributed by atoms with van der Waals surface area (Å²) in [7, 11) is 0.